The molecule has 1 aliphatic rings. The molecule has 0 unspecified atom stereocenters. The summed E-state index contributed by atoms with van der Waals surface area (Å²) in [6, 6.07) is 2.07. The Bertz CT molecular complexity index is 424. The third kappa shape index (κ3) is 4.15. The summed E-state index contributed by atoms with van der Waals surface area (Å²) < 4.78 is 5.89. The second-order valence-corrected chi connectivity index (χ2v) is 5.38. The van der Waals surface area contributed by atoms with Gasteiger partial charge in [-0.25, -0.2) is 9.97 Å². The highest BCUT2D eigenvalue weighted by Gasteiger charge is 2.21. The molecular weight excluding hydrogens is 252 g/mol. The van der Waals surface area contributed by atoms with Crippen molar-refractivity contribution in [3.05, 3.63) is 17.6 Å². The molecule has 0 amide bonds. The van der Waals surface area contributed by atoms with Gasteiger partial charge in [-0.3, -0.25) is 0 Å². The van der Waals surface area contributed by atoms with Crippen molar-refractivity contribution in [1.29, 1.82) is 0 Å². The highest BCUT2D eigenvalue weighted by Crippen LogP contribution is 2.20. The van der Waals surface area contributed by atoms with Crippen molar-refractivity contribution in [2.75, 3.05) is 31.1 Å². The van der Waals surface area contributed by atoms with Gasteiger partial charge in [0, 0.05) is 37.9 Å². The van der Waals surface area contributed by atoms with Gasteiger partial charge >= 0.3 is 0 Å². The number of nitrogens with two attached hydrogens (primary N) is 1. The fourth-order valence-electron chi connectivity index (χ4n) is 2.62. The van der Waals surface area contributed by atoms with E-state index in [0.29, 0.717) is 12.6 Å². The predicted molar refractivity (Wildman–Crippen MR) is 81.0 cm³/mol. The molecule has 1 saturated heterocycles. The summed E-state index contributed by atoms with van der Waals surface area (Å²) in [7, 11) is 0. The van der Waals surface area contributed by atoms with Gasteiger partial charge in [0.15, 0.2) is 0 Å². The highest BCUT2D eigenvalue weighted by molar-refractivity contribution is 5.40. The number of rotatable bonds is 6. The lowest BCUT2D eigenvalue weighted by molar-refractivity contribution is 0.0439. The first-order valence-corrected chi connectivity index (χ1v) is 7.64. The van der Waals surface area contributed by atoms with Crippen molar-refractivity contribution in [2.45, 2.75) is 45.6 Å². The maximum absolute atomic E-state index is 5.89. The minimum Gasteiger partial charge on any atom is -0.376 e. The Morgan fingerprint density at radius 3 is 3.05 bits per heavy atom. The molecule has 5 nitrogen and oxygen atoms in total. The van der Waals surface area contributed by atoms with Crippen LogP contribution in [0.25, 0.3) is 0 Å². The number of hydrogen-bond donors (Lipinski definition) is 1. The van der Waals surface area contributed by atoms with Gasteiger partial charge in [-0.1, -0.05) is 6.92 Å². The molecule has 112 valence electrons. The molecule has 20 heavy (non-hydrogen) atoms. The van der Waals surface area contributed by atoms with E-state index in [2.05, 4.69) is 27.9 Å². The Kier molecular flexibility index (Phi) is 5.73. The zero-order valence-electron chi connectivity index (χ0n) is 12.6. The SMILES string of the molecule is CCCO[C@@H]1CCCN(c2cc(CCN)nc(C)n2)C1. The molecule has 0 aromatic carbocycles. The van der Waals surface area contributed by atoms with Crippen molar-refractivity contribution in [3.63, 3.8) is 0 Å². The predicted octanol–water partition coefficient (Wildman–Crippen LogP) is 1.68. The lowest BCUT2D eigenvalue weighted by Gasteiger charge is -2.33. The van der Waals surface area contributed by atoms with Gasteiger partial charge in [-0.15, -0.1) is 0 Å². The molecule has 2 rings (SSSR count). The molecule has 0 saturated carbocycles. The van der Waals surface area contributed by atoms with E-state index in [-0.39, 0.29) is 0 Å². The van der Waals surface area contributed by atoms with E-state index >= 15 is 0 Å². The summed E-state index contributed by atoms with van der Waals surface area (Å²) in [4.78, 5) is 11.3. The van der Waals surface area contributed by atoms with Gasteiger partial charge in [0.05, 0.1) is 6.10 Å². The van der Waals surface area contributed by atoms with Crippen molar-refractivity contribution in [2.24, 2.45) is 5.73 Å². The van der Waals surface area contributed by atoms with Gasteiger partial charge in [-0.05, 0) is 32.7 Å². The molecule has 1 fully saturated rings. The van der Waals surface area contributed by atoms with Crippen LogP contribution in [0.1, 0.15) is 37.7 Å². The quantitative estimate of drug-likeness (QED) is 0.857. The first kappa shape index (κ1) is 15.2. The number of piperidine rings is 1. The zero-order chi connectivity index (χ0) is 14.4. The van der Waals surface area contributed by atoms with Crippen molar-refractivity contribution < 1.29 is 4.74 Å². The van der Waals surface area contributed by atoms with Crippen LogP contribution in [-0.4, -0.2) is 42.3 Å². The fourth-order valence-corrected chi connectivity index (χ4v) is 2.62. The molecule has 5 heteroatoms. The van der Waals surface area contributed by atoms with Crippen molar-refractivity contribution in [1.82, 2.24) is 9.97 Å². The Morgan fingerprint density at radius 2 is 2.30 bits per heavy atom. The van der Waals surface area contributed by atoms with Crippen LogP contribution in [0.4, 0.5) is 5.82 Å². The lowest BCUT2D eigenvalue weighted by Crippen LogP contribution is -2.40. The van der Waals surface area contributed by atoms with E-state index in [1.54, 1.807) is 0 Å². The van der Waals surface area contributed by atoms with Crippen LogP contribution in [0.3, 0.4) is 0 Å². The van der Waals surface area contributed by atoms with Crippen LogP contribution in [-0.2, 0) is 11.2 Å². The summed E-state index contributed by atoms with van der Waals surface area (Å²) in [6.45, 7) is 7.53. The second kappa shape index (κ2) is 7.55. The normalized spacial score (nSPS) is 19.4. The Morgan fingerprint density at radius 1 is 1.45 bits per heavy atom. The largest absolute Gasteiger partial charge is 0.376 e. The van der Waals surface area contributed by atoms with Crippen LogP contribution in [0.15, 0.2) is 6.07 Å². The number of anilines is 1. The van der Waals surface area contributed by atoms with Gasteiger partial charge in [0.2, 0.25) is 0 Å². The Hall–Kier alpha value is -1.20. The number of aryl methyl sites for hydroxylation is 1. The maximum atomic E-state index is 5.89. The smallest absolute Gasteiger partial charge is 0.132 e. The molecule has 1 atom stereocenters. The second-order valence-electron chi connectivity index (χ2n) is 5.38. The summed E-state index contributed by atoms with van der Waals surface area (Å²) >= 11 is 0. The number of hydrogen-bond acceptors (Lipinski definition) is 5. The summed E-state index contributed by atoms with van der Waals surface area (Å²) in [6.07, 6.45) is 4.51. The van der Waals surface area contributed by atoms with Gasteiger partial charge in [0.25, 0.3) is 0 Å². The zero-order valence-corrected chi connectivity index (χ0v) is 12.6. The molecule has 1 aliphatic heterocycles. The highest BCUT2D eigenvalue weighted by atomic mass is 16.5. The van der Waals surface area contributed by atoms with Crippen LogP contribution >= 0.6 is 0 Å². The Balaban J connectivity index is 2.05. The van der Waals surface area contributed by atoms with E-state index < -0.39 is 0 Å². The van der Waals surface area contributed by atoms with Crippen LogP contribution < -0.4 is 10.6 Å². The molecular formula is C15H26N4O. The minimum absolute atomic E-state index is 0.330. The monoisotopic (exact) mass is 278 g/mol. The van der Waals surface area contributed by atoms with E-state index in [1.807, 2.05) is 6.92 Å². The van der Waals surface area contributed by atoms with E-state index in [4.69, 9.17) is 10.5 Å². The molecule has 0 radical (unpaired) electrons. The van der Waals surface area contributed by atoms with Crippen molar-refractivity contribution in [3.8, 4) is 0 Å². The number of nitrogens with zero attached hydrogens (tertiary/aromatic N) is 3. The summed E-state index contributed by atoms with van der Waals surface area (Å²) in [5, 5.41) is 0. The minimum atomic E-state index is 0.330. The average molecular weight is 278 g/mol. The van der Waals surface area contributed by atoms with Crippen LogP contribution in [0.2, 0.25) is 0 Å². The van der Waals surface area contributed by atoms with Crippen molar-refractivity contribution >= 4 is 5.82 Å². The maximum Gasteiger partial charge on any atom is 0.132 e. The van der Waals surface area contributed by atoms with Gasteiger partial charge < -0.3 is 15.4 Å². The average Bonchev–Trinajstić information content (AvgIpc) is 2.45. The molecule has 0 bridgehead atoms. The van der Waals surface area contributed by atoms with E-state index in [0.717, 1.165) is 62.7 Å². The van der Waals surface area contributed by atoms with Crippen LogP contribution in [0.5, 0.6) is 0 Å². The molecule has 0 aliphatic carbocycles. The number of ether oxygens (including phenoxy) is 1. The van der Waals surface area contributed by atoms with E-state index in [9.17, 15) is 0 Å². The summed E-state index contributed by atoms with van der Waals surface area (Å²) in [5.41, 5.74) is 6.66. The topological polar surface area (TPSA) is 64.3 Å². The lowest BCUT2D eigenvalue weighted by atomic mass is 10.1. The van der Waals surface area contributed by atoms with E-state index in [1.165, 1.54) is 0 Å². The molecule has 2 N–H and O–H groups in total. The summed E-state index contributed by atoms with van der Waals surface area (Å²) in [5.74, 6) is 1.84. The molecule has 1 aromatic heterocycles. The molecule has 1 aromatic rings. The Labute approximate surface area is 121 Å². The van der Waals surface area contributed by atoms with Gasteiger partial charge in [0.1, 0.15) is 11.6 Å². The standard InChI is InChI=1S/C15H26N4O/c1-3-9-20-14-5-4-8-19(11-14)15-10-13(6-7-16)17-12(2)18-15/h10,14H,3-9,11,16H2,1-2H3/t14-/m1/s1. The molecule has 2 heterocycles. The first-order valence-electron chi connectivity index (χ1n) is 7.64. The number of aromatic nitrogens is 2. The van der Waals surface area contributed by atoms with Crippen LogP contribution in [0, 0.1) is 6.92 Å². The van der Waals surface area contributed by atoms with Gasteiger partial charge in [-0.2, -0.15) is 0 Å². The fraction of sp³-hybridized carbons (Fsp3) is 0.733. The third-order valence-electron chi connectivity index (χ3n) is 3.54. The third-order valence-corrected chi connectivity index (χ3v) is 3.54. The molecule has 0 spiro atoms. The first-order chi connectivity index (χ1) is 9.72.